The Bertz CT molecular complexity index is 1320. The van der Waals surface area contributed by atoms with E-state index in [4.69, 9.17) is 40.2 Å². The minimum atomic E-state index is -0.552. The van der Waals surface area contributed by atoms with Gasteiger partial charge in [0, 0.05) is 14.1 Å². The van der Waals surface area contributed by atoms with Gasteiger partial charge < -0.3 is 20.3 Å². The second-order valence-electron chi connectivity index (χ2n) is 7.98. The molecule has 0 radical (unpaired) electrons. The van der Waals surface area contributed by atoms with Gasteiger partial charge in [-0.05, 0) is 56.2 Å². The van der Waals surface area contributed by atoms with Crippen LogP contribution in [0.25, 0.3) is 0 Å². The topological polar surface area (TPSA) is 88.5 Å². The molecule has 1 amide bonds. The van der Waals surface area contributed by atoms with Crippen LogP contribution in [0.4, 0.5) is 10.7 Å². The molecule has 12 heteroatoms. The molecule has 0 aliphatic carbocycles. The van der Waals surface area contributed by atoms with E-state index in [-0.39, 0.29) is 16.6 Å². The highest BCUT2D eigenvalue weighted by atomic mass is 35.5. The number of thiophene rings is 1. The first-order valence-electron chi connectivity index (χ1n) is 10.4. The largest absolute Gasteiger partial charge is 0.465 e. The standard InChI is InChI=1S/C23H25Cl2N5O3S2/c1-11-17(22(32)33-6)20(35-19(11)21(31)29(4)5)27-23(34)26-18-12(2)28-30(13(18)3)10-14-7-8-15(24)16(25)9-14/h7-9H,10H2,1-6H3,(H2,26,27,34). The summed E-state index contributed by atoms with van der Waals surface area (Å²) in [6, 6.07) is 5.45. The normalized spacial score (nSPS) is 10.7. The van der Waals surface area contributed by atoms with Crippen LogP contribution < -0.4 is 10.6 Å². The SMILES string of the molecule is COC(=O)c1c(NC(=S)Nc2c(C)nn(Cc3ccc(Cl)c(Cl)c3)c2C)sc(C(=O)N(C)C)c1C. The van der Waals surface area contributed by atoms with E-state index in [0.29, 0.717) is 32.0 Å². The van der Waals surface area contributed by atoms with Crippen molar-refractivity contribution in [3.63, 3.8) is 0 Å². The average molecular weight is 555 g/mol. The number of carbonyl (C=O) groups excluding carboxylic acids is 2. The summed E-state index contributed by atoms with van der Waals surface area (Å²) in [5, 5.41) is 12.5. The van der Waals surface area contributed by atoms with E-state index in [2.05, 4.69) is 15.7 Å². The number of ether oxygens (including phenoxy) is 1. The van der Waals surface area contributed by atoms with E-state index in [1.807, 2.05) is 24.6 Å². The number of carbonyl (C=O) groups is 2. The summed E-state index contributed by atoms with van der Waals surface area (Å²) in [6.45, 7) is 6.00. The third-order valence-corrected chi connectivity index (χ3v) is 7.44. The van der Waals surface area contributed by atoms with Gasteiger partial charge in [0.2, 0.25) is 0 Å². The molecule has 0 spiro atoms. The van der Waals surface area contributed by atoms with Gasteiger partial charge in [0.15, 0.2) is 5.11 Å². The van der Waals surface area contributed by atoms with Crippen LogP contribution in [0.3, 0.4) is 0 Å². The minimum absolute atomic E-state index is 0.208. The number of anilines is 2. The van der Waals surface area contributed by atoms with Crippen LogP contribution >= 0.6 is 46.8 Å². The van der Waals surface area contributed by atoms with E-state index >= 15 is 0 Å². The summed E-state index contributed by atoms with van der Waals surface area (Å²) in [5.74, 6) is -0.761. The van der Waals surface area contributed by atoms with E-state index in [9.17, 15) is 9.59 Å². The maximum atomic E-state index is 12.6. The third-order valence-electron chi connectivity index (χ3n) is 5.30. The van der Waals surface area contributed by atoms with Crippen LogP contribution in [0.15, 0.2) is 18.2 Å². The first-order valence-corrected chi connectivity index (χ1v) is 12.4. The minimum Gasteiger partial charge on any atom is -0.465 e. The van der Waals surface area contributed by atoms with Gasteiger partial charge in [0.05, 0.1) is 51.2 Å². The molecule has 2 heterocycles. The zero-order valence-corrected chi connectivity index (χ0v) is 23.2. The number of rotatable bonds is 6. The number of benzene rings is 1. The maximum Gasteiger partial charge on any atom is 0.341 e. The van der Waals surface area contributed by atoms with Crippen molar-refractivity contribution in [2.45, 2.75) is 27.3 Å². The average Bonchev–Trinajstić information content (AvgIpc) is 3.25. The van der Waals surface area contributed by atoms with Gasteiger partial charge in [0.25, 0.3) is 5.91 Å². The Kier molecular flexibility index (Phi) is 8.42. The van der Waals surface area contributed by atoms with Gasteiger partial charge in [-0.1, -0.05) is 29.3 Å². The van der Waals surface area contributed by atoms with Gasteiger partial charge in [-0.15, -0.1) is 11.3 Å². The first-order chi connectivity index (χ1) is 16.4. The molecule has 0 atom stereocenters. The summed E-state index contributed by atoms with van der Waals surface area (Å²) in [5.41, 5.74) is 4.10. The third kappa shape index (κ3) is 5.78. The lowest BCUT2D eigenvalue weighted by molar-refractivity contribution is 0.0601. The Labute approximate surface area is 223 Å². The molecule has 2 N–H and O–H groups in total. The number of amides is 1. The Balaban J connectivity index is 1.85. The van der Waals surface area contributed by atoms with Crippen LogP contribution in [0.5, 0.6) is 0 Å². The van der Waals surface area contributed by atoms with E-state index in [1.54, 1.807) is 33.2 Å². The lowest BCUT2D eigenvalue weighted by atomic mass is 10.1. The van der Waals surface area contributed by atoms with Crippen molar-refractivity contribution in [3.05, 3.63) is 61.2 Å². The highest BCUT2D eigenvalue weighted by Gasteiger charge is 2.27. The van der Waals surface area contributed by atoms with Crippen LogP contribution in [-0.4, -0.2) is 52.9 Å². The van der Waals surface area contributed by atoms with Gasteiger partial charge in [-0.25, -0.2) is 4.79 Å². The van der Waals surface area contributed by atoms with Crippen molar-refractivity contribution in [2.75, 3.05) is 31.8 Å². The molecule has 0 bridgehead atoms. The van der Waals surface area contributed by atoms with Crippen molar-refractivity contribution in [2.24, 2.45) is 0 Å². The zero-order valence-electron chi connectivity index (χ0n) is 20.1. The predicted octanol–water partition coefficient (Wildman–Crippen LogP) is 5.52. The number of esters is 1. The molecule has 186 valence electrons. The van der Waals surface area contributed by atoms with Crippen molar-refractivity contribution in [1.82, 2.24) is 14.7 Å². The molecule has 2 aromatic heterocycles. The molecule has 0 aliphatic rings. The van der Waals surface area contributed by atoms with Crippen LogP contribution in [0.2, 0.25) is 10.0 Å². The monoisotopic (exact) mass is 553 g/mol. The molecule has 35 heavy (non-hydrogen) atoms. The van der Waals surface area contributed by atoms with E-state index < -0.39 is 5.97 Å². The van der Waals surface area contributed by atoms with Crippen LogP contribution in [0, 0.1) is 20.8 Å². The molecule has 3 rings (SSSR count). The van der Waals surface area contributed by atoms with Gasteiger partial charge in [0.1, 0.15) is 5.00 Å². The number of aromatic nitrogens is 2. The number of methoxy groups -OCH3 is 1. The number of aryl methyl sites for hydroxylation is 1. The fourth-order valence-electron chi connectivity index (χ4n) is 3.45. The van der Waals surface area contributed by atoms with E-state index in [0.717, 1.165) is 34.0 Å². The Morgan fingerprint density at radius 3 is 2.46 bits per heavy atom. The number of thiocarbonyl (C=S) groups is 1. The molecular formula is C23H25Cl2N5O3S2. The predicted molar refractivity (Wildman–Crippen MR) is 146 cm³/mol. The second kappa shape index (κ2) is 10.9. The van der Waals surface area contributed by atoms with Crippen LogP contribution in [0.1, 0.15) is 42.5 Å². The fraction of sp³-hybridized carbons (Fsp3) is 0.304. The summed E-state index contributed by atoms with van der Waals surface area (Å²) >= 11 is 18.8. The number of halogens is 2. The molecular weight excluding hydrogens is 529 g/mol. The summed E-state index contributed by atoms with van der Waals surface area (Å²) < 4.78 is 6.77. The molecule has 0 aliphatic heterocycles. The lowest BCUT2D eigenvalue weighted by Gasteiger charge is -2.11. The Morgan fingerprint density at radius 1 is 1.17 bits per heavy atom. The quantitative estimate of drug-likeness (QED) is 0.306. The Morgan fingerprint density at radius 2 is 1.86 bits per heavy atom. The zero-order chi connectivity index (χ0) is 26.0. The maximum absolute atomic E-state index is 12.6. The molecule has 8 nitrogen and oxygen atoms in total. The molecule has 3 aromatic rings. The fourth-order valence-corrected chi connectivity index (χ4v) is 5.26. The smallest absolute Gasteiger partial charge is 0.341 e. The molecule has 0 fully saturated rings. The van der Waals surface area contributed by atoms with Crippen LogP contribution in [-0.2, 0) is 11.3 Å². The number of hydrogen-bond acceptors (Lipinski definition) is 6. The van der Waals surface area contributed by atoms with Crippen molar-refractivity contribution in [1.29, 1.82) is 0 Å². The van der Waals surface area contributed by atoms with Gasteiger partial charge in [-0.2, -0.15) is 5.10 Å². The summed E-state index contributed by atoms with van der Waals surface area (Å²) in [6.07, 6.45) is 0. The number of nitrogens with one attached hydrogen (secondary N) is 2. The number of nitrogens with zero attached hydrogens (tertiary/aromatic N) is 3. The molecule has 0 unspecified atom stereocenters. The van der Waals surface area contributed by atoms with Crippen molar-refractivity contribution in [3.8, 4) is 0 Å². The van der Waals surface area contributed by atoms with Crippen molar-refractivity contribution >= 4 is 74.4 Å². The first kappa shape index (κ1) is 26.9. The second-order valence-corrected chi connectivity index (χ2v) is 10.2. The molecule has 1 aromatic carbocycles. The van der Waals surface area contributed by atoms with Gasteiger partial charge in [-0.3, -0.25) is 9.48 Å². The molecule has 0 saturated carbocycles. The van der Waals surface area contributed by atoms with Gasteiger partial charge >= 0.3 is 5.97 Å². The number of hydrogen-bond donors (Lipinski definition) is 2. The Hall–Kier alpha value is -2.66. The van der Waals surface area contributed by atoms with E-state index in [1.165, 1.54) is 12.0 Å². The highest BCUT2D eigenvalue weighted by molar-refractivity contribution is 7.80. The molecule has 0 saturated heterocycles. The van der Waals surface area contributed by atoms with Crippen molar-refractivity contribution < 1.29 is 14.3 Å². The lowest BCUT2D eigenvalue weighted by Crippen LogP contribution is -2.21. The summed E-state index contributed by atoms with van der Waals surface area (Å²) in [4.78, 5) is 26.9. The summed E-state index contributed by atoms with van der Waals surface area (Å²) in [7, 11) is 4.60. The highest BCUT2D eigenvalue weighted by Crippen LogP contribution is 2.34.